The molecule has 0 bridgehead atoms. The molecule has 1 aliphatic rings. The molecular formula is C11H14ClF2N3O. The van der Waals surface area contributed by atoms with Crippen molar-refractivity contribution in [3.05, 3.63) is 17.4 Å². The Kier molecular flexibility index (Phi) is 3.56. The molecule has 0 radical (unpaired) electrons. The van der Waals surface area contributed by atoms with E-state index in [2.05, 4.69) is 5.10 Å². The summed E-state index contributed by atoms with van der Waals surface area (Å²) in [5, 5.41) is 4.39. The lowest BCUT2D eigenvalue weighted by Crippen LogP contribution is -2.45. The van der Waals surface area contributed by atoms with Crippen molar-refractivity contribution in [1.82, 2.24) is 14.7 Å². The summed E-state index contributed by atoms with van der Waals surface area (Å²) in [5.74, 6) is -2.85. The molecule has 0 N–H and O–H groups in total. The van der Waals surface area contributed by atoms with Crippen LogP contribution in [0.1, 0.15) is 25.8 Å². The highest BCUT2D eigenvalue weighted by molar-refractivity contribution is 6.30. The van der Waals surface area contributed by atoms with Gasteiger partial charge in [0.2, 0.25) is 5.91 Å². The van der Waals surface area contributed by atoms with Gasteiger partial charge in [0.1, 0.15) is 6.04 Å². The SMILES string of the molecule is CC(C(=O)N1CCC(F)(F)CC1)n1cc(Cl)cn1. The monoisotopic (exact) mass is 277 g/mol. The molecule has 1 unspecified atom stereocenters. The third-order valence-electron chi connectivity index (χ3n) is 3.13. The second kappa shape index (κ2) is 4.84. The van der Waals surface area contributed by atoms with Crippen LogP contribution >= 0.6 is 11.6 Å². The van der Waals surface area contributed by atoms with Crippen LogP contribution in [0.2, 0.25) is 5.02 Å². The van der Waals surface area contributed by atoms with Gasteiger partial charge in [0.15, 0.2) is 0 Å². The third kappa shape index (κ3) is 2.80. The molecule has 0 spiro atoms. The van der Waals surface area contributed by atoms with Crippen molar-refractivity contribution in [3.63, 3.8) is 0 Å². The summed E-state index contributed by atoms with van der Waals surface area (Å²) < 4.78 is 27.4. The Morgan fingerprint density at radius 3 is 2.61 bits per heavy atom. The van der Waals surface area contributed by atoms with Gasteiger partial charge in [-0.05, 0) is 6.92 Å². The molecule has 0 aliphatic carbocycles. The Balaban J connectivity index is 2.00. The smallest absolute Gasteiger partial charge is 0.251 e. The van der Waals surface area contributed by atoms with Crippen molar-refractivity contribution in [2.24, 2.45) is 0 Å². The molecule has 0 aromatic carbocycles. The number of aromatic nitrogens is 2. The number of carbonyl (C=O) groups is 1. The topological polar surface area (TPSA) is 38.1 Å². The Labute approximate surface area is 109 Å². The molecule has 7 heteroatoms. The molecule has 1 aromatic rings. The Bertz CT molecular complexity index is 439. The van der Waals surface area contributed by atoms with Crippen LogP contribution in [0.4, 0.5) is 8.78 Å². The molecule has 1 saturated heterocycles. The zero-order valence-corrected chi connectivity index (χ0v) is 10.7. The minimum absolute atomic E-state index is 0.0885. The second-order valence-electron chi connectivity index (χ2n) is 4.50. The van der Waals surface area contributed by atoms with E-state index in [0.29, 0.717) is 5.02 Å². The normalized spacial score (nSPS) is 20.8. The Hall–Kier alpha value is -1.17. The van der Waals surface area contributed by atoms with E-state index in [1.165, 1.54) is 15.8 Å². The van der Waals surface area contributed by atoms with Gasteiger partial charge in [-0.15, -0.1) is 0 Å². The summed E-state index contributed by atoms with van der Waals surface area (Å²) in [6, 6.07) is -0.524. The average Bonchev–Trinajstić information content (AvgIpc) is 2.74. The van der Waals surface area contributed by atoms with Crippen LogP contribution in [0.15, 0.2) is 12.4 Å². The largest absolute Gasteiger partial charge is 0.340 e. The van der Waals surface area contributed by atoms with E-state index in [1.54, 1.807) is 13.1 Å². The summed E-state index contributed by atoms with van der Waals surface area (Å²) >= 11 is 5.72. The van der Waals surface area contributed by atoms with Gasteiger partial charge in [-0.1, -0.05) is 11.6 Å². The number of rotatable bonds is 2. The summed E-state index contributed by atoms with van der Waals surface area (Å²) in [6.07, 6.45) is 2.44. The molecule has 1 fully saturated rings. The lowest BCUT2D eigenvalue weighted by atomic mass is 10.1. The molecular weight excluding hydrogens is 264 g/mol. The van der Waals surface area contributed by atoms with Crippen molar-refractivity contribution in [3.8, 4) is 0 Å². The van der Waals surface area contributed by atoms with Gasteiger partial charge in [0.25, 0.3) is 5.92 Å². The van der Waals surface area contributed by atoms with Crippen LogP contribution in [0.5, 0.6) is 0 Å². The van der Waals surface area contributed by atoms with Crippen molar-refractivity contribution in [2.75, 3.05) is 13.1 Å². The number of amides is 1. The van der Waals surface area contributed by atoms with E-state index < -0.39 is 12.0 Å². The van der Waals surface area contributed by atoms with Gasteiger partial charge in [0, 0.05) is 32.1 Å². The molecule has 2 rings (SSSR count). The summed E-state index contributed by atoms with van der Waals surface area (Å²) in [4.78, 5) is 13.6. The highest BCUT2D eigenvalue weighted by atomic mass is 35.5. The van der Waals surface area contributed by atoms with Gasteiger partial charge < -0.3 is 4.90 Å². The zero-order valence-electron chi connectivity index (χ0n) is 9.94. The fourth-order valence-electron chi connectivity index (χ4n) is 1.96. The first-order valence-electron chi connectivity index (χ1n) is 5.75. The van der Waals surface area contributed by atoms with E-state index in [4.69, 9.17) is 11.6 Å². The quantitative estimate of drug-likeness (QED) is 0.832. The van der Waals surface area contributed by atoms with E-state index >= 15 is 0 Å². The molecule has 1 aromatic heterocycles. The molecule has 0 saturated carbocycles. The van der Waals surface area contributed by atoms with Crippen molar-refractivity contribution in [2.45, 2.75) is 31.7 Å². The van der Waals surface area contributed by atoms with Crippen LogP contribution in [-0.2, 0) is 4.79 Å². The molecule has 18 heavy (non-hydrogen) atoms. The van der Waals surface area contributed by atoms with Crippen LogP contribution in [0.25, 0.3) is 0 Å². The number of piperidine rings is 1. The number of alkyl halides is 2. The lowest BCUT2D eigenvalue weighted by molar-refractivity contribution is -0.140. The lowest BCUT2D eigenvalue weighted by Gasteiger charge is -2.33. The predicted molar refractivity (Wildman–Crippen MR) is 62.7 cm³/mol. The zero-order chi connectivity index (χ0) is 13.3. The average molecular weight is 278 g/mol. The van der Waals surface area contributed by atoms with Gasteiger partial charge in [-0.3, -0.25) is 9.48 Å². The van der Waals surface area contributed by atoms with Crippen LogP contribution < -0.4 is 0 Å². The van der Waals surface area contributed by atoms with E-state index in [0.717, 1.165) is 0 Å². The summed E-state index contributed by atoms with van der Waals surface area (Å²) in [6.45, 7) is 1.86. The maximum absolute atomic E-state index is 13.0. The van der Waals surface area contributed by atoms with Crippen LogP contribution in [-0.4, -0.2) is 39.6 Å². The van der Waals surface area contributed by atoms with Crippen molar-refractivity contribution >= 4 is 17.5 Å². The fourth-order valence-corrected chi connectivity index (χ4v) is 2.10. The number of halogens is 3. The first-order chi connectivity index (χ1) is 8.39. The van der Waals surface area contributed by atoms with Gasteiger partial charge in [-0.2, -0.15) is 5.10 Å². The van der Waals surface area contributed by atoms with E-state index in [1.807, 2.05) is 0 Å². The first kappa shape index (κ1) is 13.3. The first-order valence-corrected chi connectivity index (χ1v) is 6.13. The Morgan fingerprint density at radius 2 is 2.11 bits per heavy atom. The fraction of sp³-hybridized carbons (Fsp3) is 0.636. The molecule has 1 atom stereocenters. The van der Waals surface area contributed by atoms with Gasteiger partial charge >= 0.3 is 0 Å². The van der Waals surface area contributed by atoms with E-state index in [-0.39, 0.29) is 31.8 Å². The summed E-state index contributed by atoms with van der Waals surface area (Å²) in [7, 11) is 0. The van der Waals surface area contributed by atoms with Crippen LogP contribution in [0.3, 0.4) is 0 Å². The minimum atomic E-state index is -2.64. The van der Waals surface area contributed by atoms with Gasteiger partial charge in [0.05, 0.1) is 11.2 Å². The van der Waals surface area contributed by atoms with Gasteiger partial charge in [-0.25, -0.2) is 8.78 Å². The summed E-state index contributed by atoms with van der Waals surface area (Å²) in [5.41, 5.74) is 0. The molecule has 2 heterocycles. The van der Waals surface area contributed by atoms with Crippen molar-refractivity contribution < 1.29 is 13.6 Å². The number of hydrogen-bond donors (Lipinski definition) is 0. The number of likely N-dealkylation sites (tertiary alicyclic amines) is 1. The second-order valence-corrected chi connectivity index (χ2v) is 4.93. The van der Waals surface area contributed by atoms with Crippen LogP contribution in [0, 0.1) is 0 Å². The maximum atomic E-state index is 13.0. The third-order valence-corrected chi connectivity index (χ3v) is 3.33. The highest BCUT2D eigenvalue weighted by Gasteiger charge is 2.36. The van der Waals surface area contributed by atoms with E-state index in [9.17, 15) is 13.6 Å². The minimum Gasteiger partial charge on any atom is -0.340 e. The molecule has 100 valence electrons. The standard InChI is InChI=1S/C11H14ClF2N3O/c1-8(17-7-9(12)6-15-17)10(18)16-4-2-11(13,14)3-5-16/h6-8H,2-5H2,1H3. The number of carbonyl (C=O) groups excluding carboxylic acids is 1. The maximum Gasteiger partial charge on any atom is 0.251 e. The molecule has 4 nitrogen and oxygen atoms in total. The Morgan fingerprint density at radius 1 is 1.50 bits per heavy atom. The number of hydrogen-bond acceptors (Lipinski definition) is 2. The number of nitrogens with zero attached hydrogens (tertiary/aromatic N) is 3. The highest BCUT2D eigenvalue weighted by Crippen LogP contribution is 2.28. The molecule has 1 amide bonds. The predicted octanol–water partition coefficient (Wildman–Crippen LogP) is 2.36. The van der Waals surface area contributed by atoms with Crippen molar-refractivity contribution in [1.29, 1.82) is 0 Å². The molecule has 1 aliphatic heterocycles.